The standard InChI is InChI=1S/4BrH.2Re/h4*1H;;/p-4. The van der Waals surface area contributed by atoms with Gasteiger partial charge in [0.1, 0.15) is 0 Å². The molecule has 0 aliphatic rings. The predicted molar refractivity (Wildman–Crippen MR) is 0 cm³/mol. The minimum atomic E-state index is 0. The van der Waals surface area contributed by atoms with Crippen molar-refractivity contribution >= 4 is 0 Å². The monoisotopic (exact) mass is 690 g/mol. The van der Waals surface area contributed by atoms with Gasteiger partial charge in [-0.25, -0.2) is 0 Å². The van der Waals surface area contributed by atoms with Crippen molar-refractivity contribution in [2.24, 2.45) is 0 Å². The Bertz CT molecular complexity index is 5.51. The van der Waals surface area contributed by atoms with E-state index in [1.807, 2.05) is 0 Å². The quantitative estimate of drug-likeness (QED) is 0.237. The molecule has 46 valence electrons. The van der Waals surface area contributed by atoms with E-state index in [0.717, 1.165) is 0 Å². The Hall–Kier alpha value is 3.24. The minimum absolute atomic E-state index is 0. The van der Waals surface area contributed by atoms with Crippen LogP contribution in [-0.2, 0) is 40.8 Å². The molecular weight excluding hydrogens is 692 g/mol. The van der Waals surface area contributed by atoms with Gasteiger partial charge in [-0.3, -0.25) is 0 Å². The summed E-state index contributed by atoms with van der Waals surface area (Å²) in [5, 5.41) is 0. The SMILES string of the molecule is [Br-].[Br-].[Br-].[Br-].[Re].[Re]. The molecule has 0 N–H and O–H groups in total. The topological polar surface area (TPSA) is 0 Å². The second-order valence-electron chi connectivity index (χ2n) is 0. The van der Waals surface area contributed by atoms with Crippen molar-refractivity contribution in [1.82, 2.24) is 0 Å². The van der Waals surface area contributed by atoms with Gasteiger partial charge in [0.15, 0.2) is 0 Å². The summed E-state index contributed by atoms with van der Waals surface area (Å²) in [6.07, 6.45) is 0. The van der Waals surface area contributed by atoms with Crippen molar-refractivity contribution in [3.05, 3.63) is 0 Å². The van der Waals surface area contributed by atoms with E-state index in [2.05, 4.69) is 0 Å². The molecule has 0 aromatic rings. The summed E-state index contributed by atoms with van der Waals surface area (Å²) in [6, 6.07) is 0. The molecule has 0 aromatic carbocycles. The van der Waals surface area contributed by atoms with E-state index in [0.29, 0.717) is 0 Å². The zero-order chi connectivity index (χ0) is 0. The maximum absolute atomic E-state index is 0. The molecule has 0 atom stereocenters. The molecule has 0 bridgehead atoms. The first-order chi connectivity index (χ1) is 0. The zero-order valence-corrected chi connectivity index (χ0v) is 14.0. The van der Waals surface area contributed by atoms with Crippen molar-refractivity contribution in [3.63, 3.8) is 0 Å². The fourth-order valence-corrected chi connectivity index (χ4v) is 0. The largest absolute Gasteiger partial charge is 1.00 e. The van der Waals surface area contributed by atoms with Gasteiger partial charge in [-0.05, 0) is 0 Å². The fourth-order valence-electron chi connectivity index (χ4n) is 0. The first-order valence-corrected chi connectivity index (χ1v) is 0. The second kappa shape index (κ2) is 41.1. The van der Waals surface area contributed by atoms with Crippen molar-refractivity contribution in [2.75, 3.05) is 0 Å². The summed E-state index contributed by atoms with van der Waals surface area (Å²) in [4.78, 5) is 0. The molecule has 0 nitrogen and oxygen atoms in total. The second-order valence-corrected chi connectivity index (χ2v) is 0. The molecule has 2 radical (unpaired) electrons. The van der Waals surface area contributed by atoms with Crippen molar-refractivity contribution < 1.29 is 109 Å². The van der Waals surface area contributed by atoms with E-state index in [-0.39, 0.29) is 109 Å². The minimum Gasteiger partial charge on any atom is -1.00 e. The van der Waals surface area contributed by atoms with Crippen LogP contribution in [0.2, 0.25) is 0 Å². The summed E-state index contributed by atoms with van der Waals surface area (Å²) < 4.78 is 0. The summed E-state index contributed by atoms with van der Waals surface area (Å²) in [5.74, 6) is 0. The maximum atomic E-state index is 0. The Balaban J connectivity index is 0. The van der Waals surface area contributed by atoms with E-state index >= 15 is 0 Å². The van der Waals surface area contributed by atoms with Gasteiger partial charge in [-0.1, -0.05) is 0 Å². The van der Waals surface area contributed by atoms with Gasteiger partial charge in [0.25, 0.3) is 0 Å². The van der Waals surface area contributed by atoms with Crippen molar-refractivity contribution in [1.29, 1.82) is 0 Å². The van der Waals surface area contributed by atoms with Gasteiger partial charge in [-0.2, -0.15) is 0 Å². The van der Waals surface area contributed by atoms with Crippen LogP contribution in [0.4, 0.5) is 0 Å². The normalized spacial score (nSPS) is 0. The number of rotatable bonds is 0. The van der Waals surface area contributed by atoms with Crippen LogP contribution in [0.1, 0.15) is 0 Å². The molecule has 0 aliphatic carbocycles. The molecule has 0 aromatic heterocycles. The average molecular weight is 692 g/mol. The van der Waals surface area contributed by atoms with Gasteiger partial charge >= 0.3 is 0 Å². The molecule has 0 aliphatic heterocycles. The molecule has 0 spiro atoms. The molecule has 0 saturated carbocycles. The third kappa shape index (κ3) is 26.8. The van der Waals surface area contributed by atoms with E-state index < -0.39 is 0 Å². The van der Waals surface area contributed by atoms with Crippen LogP contribution in [-0.4, -0.2) is 0 Å². The maximum Gasteiger partial charge on any atom is 0 e. The Morgan fingerprint density at radius 2 is 0.333 bits per heavy atom. The molecule has 0 heterocycles. The summed E-state index contributed by atoms with van der Waals surface area (Å²) >= 11 is 0. The van der Waals surface area contributed by atoms with E-state index in [9.17, 15) is 0 Å². The van der Waals surface area contributed by atoms with Crippen LogP contribution in [0.25, 0.3) is 0 Å². The predicted octanol–water partition coefficient (Wildman–Crippen LogP) is -12.0. The van der Waals surface area contributed by atoms with Crippen molar-refractivity contribution in [3.8, 4) is 0 Å². The van der Waals surface area contributed by atoms with Crippen LogP contribution < -0.4 is 67.9 Å². The number of halogens is 4. The van der Waals surface area contributed by atoms with Crippen LogP contribution in [0.3, 0.4) is 0 Å². The number of hydrogen-bond acceptors (Lipinski definition) is 0. The smallest absolute Gasteiger partial charge is 0 e. The molecule has 6 heteroatoms. The van der Waals surface area contributed by atoms with Gasteiger partial charge in [0.2, 0.25) is 0 Å². The summed E-state index contributed by atoms with van der Waals surface area (Å²) in [6.45, 7) is 0. The van der Waals surface area contributed by atoms with Crippen LogP contribution in [0, 0.1) is 0 Å². The molecule has 0 saturated heterocycles. The zero-order valence-electron chi connectivity index (χ0n) is 2.27. The Morgan fingerprint density at radius 1 is 0.333 bits per heavy atom. The molecule has 0 unspecified atom stereocenters. The summed E-state index contributed by atoms with van der Waals surface area (Å²) in [5.41, 5.74) is 0. The first-order valence-electron chi connectivity index (χ1n) is 0. The van der Waals surface area contributed by atoms with Crippen LogP contribution >= 0.6 is 0 Å². The number of hydrogen-bond donors (Lipinski definition) is 0. The Morgan fingerprint density at radius 3 is 0.333 bits per heavy atom. The molecule has 0 fully saturated rings. The van der Waals surface area contributed by atoms with Crippen molar-refractivity contribution in [2.45, 2.75) is 0 Å². The Kier molecular flexibility index (Phi) is 409. The first kappa shape index (κ1) is 59.7. The van der Waals surface area contributed by atoms with Gasteiger partial charge in [0.05, 0.1) is 0 Å². The molecule has 0 rings (SSSR count). The third-order valence-electron chi connectivity index (χ3n) is 0. The molecule has 6 heavy (non-hydrogen) atoms. The molecular formula is Br4Re2-4. The van der Waals surface area contributed by atoms with Gasteiger partial charge in [0, 0.05) is 40.8 Å². The van der Waals surface area contributed by atoms with Crippen LogP contribution in [0.5, 0.6) is 0 Å². The third-order valence-corrected chi connectivity index (χ3v) is 0. The van der Waals surface area contributed by atoms with Gasteiger partial charge < -0.3 is 67.9 Å². The van der Waals surface area contributed by atoms with Crippen LogP contribution in [0.15, 0.2) is 0 Å². The Labute approximate surface area is 107 Å². The summed E-state index contributed by atoms with van der Waals surface area (Å²) in [7, 11) is 0. The average Bonchev–Trinajstić information content (AvgIpc) is 0. The van der Waals surface area contributed by atoms with E-state index in [1.54, 1.807) is 0 Å². The van der Waals surface area contributed by atoms with Gasteiger partial charge in [-0.15, -0.1) is 0 Å². The van der Waals surface area contributed by atoms with E-state index in [1.165, 1.54) is 0 Å². The fraction of sp³-hybridized carbons (Fsp3) is 0. The molecule has 0 amide bonds. The van der Waals surface area contributed by atoms with E-state index in [4.69, 9.17) is 0 Å².